The zero-order valence-electron chi connectivity index (χ0n) is 11.7. The Morgan fingerprint density at radius 3 is 2.95 bits per heavy atom. The lowest BCUT2D eigenvalue weighted by molar-refractivity contribution is -0.117. The van der Waals surface area contributed by atoms with Crippen LogP contribution in [0.2, 0.25) is 0 Å². The normalized spacial score (nSPS) is 20.1. The molecule has 2 aromatic heterocycles. The first-order valence-electron chi connectivity index (χ1n) is 6.62. The van der Waals surface area contributed by atoms with Gasteiger partial charge in [-0.3, -0.25) is 4.79 Å². The van der Waals surface area contributed by atoms with Crippen LogP contribution in [-0.2, 0) is 9.53 Å². The molecule has 1 amide bonds. The van der Waals surface area contributed by atoms with E-state index in [1.165, 1.54) is 18.4 Å². The molecule has 21 heavy (non-hydrogen) atoms. The third-order valence-electron chi connectivity index (χ3n) is 3.56. The second-order valence-corrected chi connectivity index (χ2v) is 6.00. The molecular formula is C14H15N3O3S. The summed E-state index contributed by atoms with van der Waals surface area (Å²) in [5.74, 6) is 0.202. The van der Waals surface area contributed by atoms with Crippen LogP contribution in [-0.4, -0.2) is 29.0 Å². The van der Waals surface area contributed by atoms with Gasteiger partial charge in [-0.15, -0.1) is 11.3 Å². The number of rotatable bonds is 4. The zero-order chi connectivity index (χ0) is 15.0. The number of carbonyl (C=O) groups excluding carboxylic acids is 2. The molecule has 110 valence electrons. The zero-order valence-corrected chi connectivity index (χ0v) is 12.5. The van der Waals surface area contributed by atoms with E-state index in [1.807, 2.05) is 5.38 Å². The van der Waals surface area contributed by atoms with Crippen molar-refractivity contribution in [1.82, 2.24) is 9.97 Å². The number of nitrogens with one attached hydrogen (secondary N) is 2. The molecule has 0 aliphatic heterocycles. The van der Waals surface area contributed by atoms with E-state index in [9.17, 15) is 9.59 Å². The molecule has 1 aliphatic rings. The molecule has 0 radical (unpaired) electrons. The average Bonchev–Trinajstić information content (AvgIpc) is 2.90. The van der Waals surface area contributed by atoms with E-state index in [1.54, 1.807) is 12.3 Å². The van der Waals surface area contributed by atoms with Crippen LogP contribution in [0.25, 0.3) is 11.3 Å². The number of amides is 1. The van der Waals surface area contributed by atoms with E-state index in [0.717, 1.165) is 12.0 Å². The molecule has 2 N–H and O–H groups in total. The Kier molecular flexibility index (Phi) is 3.50. The Morgan fingerprint density at radius 2 is 2.29 bits per heavy atom. The van der Waals surface area contributed by atoms with Gasteiger partial charge in [0.05, 0.1) is 12.8 Å². The number of carbonyl (C=O) groups is 2. The van der Waals surface area contributed by atoms with Crippen molar-refractivity contribution in [1.29, 1.82) is 0 Å². The fourth-order valence-electron chi connectivity index (χ4n) is 2.12. The average molecular weight is 305 g/mol. The SMILES string of the molecule is COC(=O)c1cc(-c2csc(NC(=O)[C@@H]3C[C@H]3C)n2)c[nH]1. The van der Waals surface area contributed by atoms with Gasteiger partial charge in [-0.1, -0.05) is 6.92 Å². The van der Waals surface area contributed by atoms with Crippen LogP contribution >= 0.6 is 11.3 Å². The minimum absolute atomic E-state index is 0.0349. The molecule has 6 nitrogen and oxygen atoms in total. The van der Waals surface area contributed by atoms with Gasteiger partial charge in [-0.25, -0.2) is 9.78 Å². The van der Waals surface area contributed by atoms with Crippen molar-refractivity contribution < 1.29 is 14.3 Å². The summed E-state index contributed by atoms with van der Waals surface area (Å²) in [6, 6.07) is 1.68. The van der Waals surface area contributed by atoms with Gasteiger partial charge in [0.2, 0.25) is 5.91 Å². The highest BCUT2D eigenvalue weighted by Gasteiger charge is 2.39. The molecule has 0 saturated heterocycles. The quantitative estimate of drug-likeness (QED) is 0.850. The van der Waals surface area contributed by atoms with E-state index in [-0.39, 0.29) is 11.8 Å². The van der Waals surface area contributed by atoms with Crippen LogP contribution in [0.4, 0.5) is 5.13 Å². The summed E-state index contributed by atoms with van der Waals surface area (Å²) in [6.07, 6.45) is 2.64. The molecule has 2 atom stereocenters. The van der Waals surface area contributed by atoms with Gasteiger partial charge in [-0.05, 0) is 18.4 Å². The maximum atomic E-state index is 11.9. The topological polar surface area (TPSA) is 84.1 Å². The number of methoxy groups -OCH3 is 1. The molecule has 2 aromatic rings. The van der Waals surface area contributed by atoms with Gasteiger partial charge in [0.25, 0.3) is 0 Å². The highest BCUT2D eigenvalue weighted by atomic mass is 32.1. The number of anilines is 1. The van der Waals surface area contributed by atoms with Crippen molar-refractivity contribution in [3.63, 3.8) is 0 Å². The van der Waals surface area contributed by atoms with E-state index in [4.69, 9.17) is 0 Å². The largest absolute Gasteiger partial charge is 0.464 e. The minimum atomic E-state index is -0.423. The monoisotopic (exact) mass is 305 g/mol. The fraction of sp³-hybridized carbons (Fsp3) is 0.357. The maximum Gasteiger partial charge on any atom is 0.354 e. The van der Waals surface area contributed by atoms with Crippen molar-refractivity contribution in [2.24, 2.45) is 11.8 Å². The molecule has 0 aromatic carbocycles. The summed E-state index contributed by atoms with van der Waals surface area (Å²) in [5.41, 5.74) is 1.87. The van der Waals surface area contributed by atoms with Crippen LogP contribution < -0.4 is 5.32 Å². The van der Waals surface area contributed by atoms with Crippen LogP contribution in [0, 0.1) is 11.8 Å². The van der Waals surface area contributed by atoms with Crippen LogP contribution in [0.3, 0.4) is 0 Å². The Morgan fingerprint density at radius 1 is 1.52 bits per heavy atom. The third kappa shape index (κ3) is 2.82. The maximum absolute atomic E-state index is 11.9. The van der Waals surface area contributed by atoms with Crippen LogP contribution in [0.5, 0.6) is 0 Å². The smallest absolute Gasteiger partial charge is 0.354 e. The molecule has 1 fully saturated rings. The van der Waals surface area contributed by atoms with Crippen molar-refractivity contribution in [3.05, 3.63) is 23.3 Å². The van der Waals surface area contributed by atoms with Crippen molar-refractivity contribution >= 4 is 28.3 Å². The lowest BCUT2D eigenvalue weighted by Crippen LogP contribution is -2.14. The molecule has 0 unspecified atom stereocenters. The highest BCUT2D eigenvalue weighted by Crippen LogP contribution is 2.38. The van der Waals surface area contributed by atoms with Gasteiger partial charge in [0.1, 0.15) is 5.69 Å². The molecular weight excluding hydrogens is 290 g/mol. The Labute approximate surface area is 125 Å². The first-order valence-corrected chi connectivity index (χ1v) is 7.50. The predicted molar refractivity (Wildman–Crippen MR) is 79.1 cm³/mol. The number of hydrogen-bond donors (Lipinski definition) is 2. The molecule has 2 heterocycles. The number of aromatic nitrogens is 2. The molecule has 3 rings (SSSR count). The minimum Gasteiger partial charge on any atom is -0.464 e. The molecule has 1 saturated carbocycles. The second kappa shape index (κ2) is 5.33. The summed E-state index contributed by atoms with van der Waals surface area (Å²) in [5, 5.41) is 5.25. The Bertz CT molecular complexity index is 691. The van der Waals surface area contributed by atoms with Gasteiger partial charge in [0.15, 0.2) is 5.13 Å². The highest BCUT2D eigenvalue weighted by molar-refractivity contribution is 7.14. The number of esters is 1. The molecule has 0 spiro atoms. The number of thiazole rings is 1. The van der Waals surface area contributed by atoms with Crippen molar-refractivity contribution in [3.8, 4) is 11.3 Å². The number of H-pyrrole nitrogens is 1. The first-order chi connectivity index (χ1) is 10.1. The van der Waals surface area contributed by atoms with E-state index < -0.39 is 5.97 Å². The van der Waals surface area contributed by atoms with Gasteiger partial charge >= 0.3 is 5.97 Å². The van der Waals surface area contributed by atoms with Gasteiger partial charge in [0, 0.05) is 23.1 Å². The lowest BCUT2D eigenvalue weighted by atomic mass is 10.2. The summed E-state index contributed by atoms with van der Waals surface area (Å²) in [4.78, 5) is 30.5. The number of nitrogens with zero attached hydrogens (tertiary/aromatic N) is 1. The van der Waals surface area contributed by atoms with Gasteiger partial charge in [-0.2, -0.15) is 0 Å². The number of aromatic amines is 1. The summed E-state index contributed by atoms with van der Waals surface area (Å²) in [6.45, 7) is 2.06. The molecule has 0 bridgehead atoms. The second-order valence-electron chi connectivity index (χ2n) is 5.14. The number of hydrogen-bond acceptors (Lipinski definition) is 5. The molecule has 1 aliphatic carbocycles. The Hall–Kier alpha value is -2.15. The van der Waals surface area contributed by atoms with Crippen molar-refractivity contribution in [2.45, 2.75) is 13.3 Å². The summed E-state index contributed by atoms with van der Waals surface area (Å²) in [7, 11) is 1.33. The molecule has 7 heteroatoms. The number of ether oxygens (including phenoxy) is 1. The van der Waals surface area contributed by atoms with E-state index in [0.29, 0.717) is 22.4 Å². The summed E-state index contributed by atoms with van der Waals surface area (Å²) >= 11 is 1.37. The van der Waals surface area contributed by atoms with E-state index >= 15 is 0 Å². The van der Waals surface area contributed by atoms with Crippen molar-refractivity contribution in [2.75, 3.05) is 12.4 Å². The Balaban J connectivity index is 1.71. The standard InChI is InChI=1S/C14H15N3O3S/c1-7-3-9(7)12(18)17-14-16-11(6-21-14)8-4-10(15-5-8)13(19)20-2/h4-7,9,15H,3H2,1-2H3,(H,16,17,18)/t7-,9-/m1/s1. The van der Waals surface area contributed by atoms with Crippen LogP contribution in [0.1, 0.15) is 23.8 Å². The third-order valence-corrected chi connectivity index (χ3v) is 4.32. The first kappa shape index (κ1) is 13.8. The lowest BCUT2D eigenvalue weighted by Gasteiger charge is -1.98. The van der Waals surface area contributed by atoms with Crippen LogP contribution in [0.15, 0.2) is 17.6 Å². The summed E-state index contributed by atoms with van der Waals surface area (Å²) < 4.78 is 4.64. The predicted octanol–water partition coefficient (Wildman–Crippen LogP) is 2.52. The fourth-order valence-corrected chi connectivity index (χ4v) is 2.84. The van der Waals surface area contributed by atoms with Gasteiger partial charge < -0.3 is 15.0 Å². The van der Waals surface area contributed by atoms with E-state index in [2.05, 4.69) is 26.9 Å².